The molecule has 0 aliphatic heterocycles. The molecule has 4 heteroatoms. The monoisotopic (exact) mass is 219 g/mol. The first kappa shape index (κ1) is 10.1. The zero-order valence-electron chi connectivity index (χ0n) is 8.60. The Morgan fingerprint density at radius 3 is 3.07 bits per heavy atom. The Kier molecular flexibility index (Phi) is 3.29. The Bertz CT molecular complexity index is 412. The van der Waals surface area contributed by atoms with Crippen molar-refractivity contribution in [1.82, 2.24) is 9.97 Å². The topological polar surface area (TPSA) is 37.8 Å². The summed E-state index contributed by atoms with van der Waals surface area (Å²) in [6.07, 6.45) is 2.75. The third-order valence-corrected chi connectivity index (χ3v) is 2.80. The van der Waals surface area contributed by atoms with Crippen molar-refractivity contribution < 1.29 is 0 Å². The Morgan fingerprint density at radius 2 is 2.33 bits per heavy atom. The van der Waals surface area contributed by atoms with E-state index in [0.717, 1.165) is 24.5 Å². The number of nitrogens with one attached hydrogen (secondary N) is 1. The Morgan fingerprint density at radius 1 is 1.40 bits per heavy atom. The summed E-state index contributed by atoms with van der Waals surface area (Å²) in [4.78, 5) is 8.50. The van der Waals surface area contributed by atoms with Gasteiger partial charge in [-0.25, -0.2) is 9.97 Å². The fourth-order valence-corrected chi connectivity index (χ4v) is 1.93. The molecule has 15 heavy (non-hydrogen) atoms. The van der Waals surface area contributed by atoms with Crippen LogP contribution in [0.2, 0.25) is 0 Å². The molecule has 0 spiro atoms. The molecule has 78 valence electrons. The average molecular weight is 219 g/mol. The normalized spacial score (nSPS) is 10.2. The highest BCUT2D eigenvalue weighted by molar-refractivity contribution is 7.07. The lowest BCUT2D eigenvalue weighted by atomic mass is 10.3. The molecule has 1 N–H and O–H groups in total. The van der Waals surface area contributed by atoms with Gasteiger partial charge in [-0.2, -0.15) is 0 Å². The number of aromatic nitrogens is 2. The summed E-state index contributed by atoms with van der Waals surface area (Å²) in [6, 6.07) is 4.00. The van der Waals surface area contributed by atoms with E-state index in [0.29, 0.717) is 0 Å². The van der Waals surface area contributed by atoms with E-state index in [9.17, 15) is 0 Å². The van der Waals surface area contributed by atoms with Crippen molar-refractivity contribution in [2.45, 2.75) is 13.3 Å². The summed E-state index contributed by atoms with van der Waals surface area (Å²) in [5.74, 6) is 0.965. The van der Waals surface area contributed by atoms with Gasteiger partial charge >= 0.3 is 0 Å². The number of anilines is 1. The van der Waals surface area contributed by atoms with Gasteiger partial charge in [0.05, 0.1) is 11.2 Å². The number of aryl methyl sites for hydroxylation is 1. The van der Waals surface area contributed by atoms with Crippen LogP contribution in [-0.2, 0) is 6.42 Å². The van der Waals surface area contributed by atoms with E-state index in [1.165, 1.54) is 5.56 Å². The molecule has 0 amide bonds. The first-order chi connectivity index (χ1) is 7.36. The molecule has 0 atom stereocenters. The van der Waals surface area contributed by atoms with Crippen molar-refractivity contribution >= 4 is 17.2 Å². The van der Waals surface area contributed by atoms with Crippen LogP contribution in [0.1, 0.15) is 11.3 Å². The lowest BCUT2D eigenvalue weighted by Crippen LogP contribution is -2.07. The highest BCUT2D eigenvalue weighted by atomic mass is 32.1. The van der Waals surface area contributed by atoms with Gasteiger partial charge in [-0.3, -0.25) is 0 Å². The minimum atomic E-state index is 0.877. The molecule has 2 heterocycles. The second kappa shape index (κ2) is 4.89. The molecule has 0 aliphatic rings. The van der Waals surface area contributed by atoms with Gasteiger partial charge in [-0.05, 0) is 18.6 Å². The molecule has 0 aliphatic carbocycles. The summed E-state index contributed by atoms with van der Waals surface area (Å²) in [5.41, 5.74) is 4.18. The molecule has 2 aromatic rings. The van der Waals surface area contributed by atoms with Gasteiger partial charge in [0.2, 0.25) is 0 Å². The van der Waals surface area contributed by atoms with Crippen molar-refractivity contribution in [3.8, 4) is 0 Å². The lowest BCUT2D eigenvalue weighted by molar-refractivity contribution is 0.965. The number of rotatable bonds is 4. The van der Waals surface area contributed by atoms with Crippen molar-refractivity contribution in [3.63, 3.8) is 0 Å². The van der Waals surface area contributed by atoms with E-state index >= 15 is 0 Å². The summed E-state index contributed by atoms with van der Waals surface area (Å²) < 4.78 is 0. The fourth-order valence-electron chi connectivity index (χ4n) is 1.34. The van der Waals surface area contributed by atoms with E-state index < -0.39 is 0 Å². The van der Waals surface area contributed by atoms with Gasteiger partial charge < -0.3 is 5.32 Å². The van der Waals surface area contributed by atoms with Gasteiger partial charge in [-0.1, -0.05) is 6.07 Å². The summed E-state index contributed by atoms with van der Waals surface area (Å²) >= 11 is 1.63. The van der Waals surface area contributed by atoms with E-state index in [-0.39, 0.29) is 0 Å². The molecule has 0 unspecified atom stereocenters. The van der Waals surface area contributed by atoms with Gasteiger partial charge in [0, 0.05) is 24.5 Å². The Balaban J connectivity index is 1.86. The first-order valence-corrected chi connectivity index (χ1v) is 5.83. The molecule has 0 saturated carbocycles. The van der Waals surface area contributed by atoms with Crippen LogP contribution in [-0.4, -0.2) is 16.5 Å². The molecule has 0 aromatic carbocycles. The third kappa shape index (κ3) is 2.76. The highest BCUT2D eigenvalue weighted by Gasteiger charge is 1.98. The highest BCUT2D eigenvalue weighted by Crippen LogP contribution is 2.09. The zero-order valence-corrected chi connectivity index (χ0v) is 9.42. The average Bonchev–Trinajstić information content (AvgIpc) is 2.74. The second-order valence-corrected chi connectivity index (χ2v) is 4.04. The molecule has 0 saturated heterocycles. The largest absolute Gasteiger partial charge is 0.369 e. The van der Waals surface area contributed by atoms with Gasteiger partial charge in [0.15, 0.2) is 0 Å². The van der Waals surface area contributed by atoms with Crippen LogP contribution in [0.3, 0.4) is 0 Å². The molecular formula is C11H13N3S. The number of hydrogen-bond acceptors (Lipinski definition) is 4. The van der Waals surface area contributed by atoms with Crippen molar-refractivity contribution in [2.75, 3.05) is 11.9 Å². The van der Waals surface area contributed by atoms with Crippen LogP contribution < -0.4 is 5.32 Å². The molecule has 0 fully saturated rings. The van der Waals surface area contributed by atoms with E-state index in [1.807, 2.05) is 11.6 Å². The quantitative estimate of drug-likeness (QED) is 0.858. The molecule has 3 nitrogen and oxygen atoms in total. The van der Waals surface area contributed by atoms with Crippen LogP contribution in [0.5, 0.6) is 0 Å². The molecule has 2 rings (SSSR count). The Hall–Kier alpha value is -1.42. The van der Waals surface area contributed by atoms with Crippen LogP contribution in [0.25, 0.3) is 0 Å². The SMILES string of the molecule is Cc1cccnc1NCCc1cscn1. The summed E-state index contributed by atoms with van der Waals surface area (Å²) in [6.45, 7) is 2.93. The first-order valence-electron chi connectivity index (χ1n) is 4.89. The lowest BCUT2D eigenvalue weighted by Gasteiger charge is -2.06. The fraction of sp³-hybridized carbons (Fsp3) is 0.273. The maximum absolute atomic E-state index is 4.27. The predicted molar refractivity (Wildman–Crippen MR) is 63.3 cm³/mol. The number of thiazole rings is 1. The van der Waals surface area contributed by atoms with Crippen LogP contribution >= 0.6 is 11.3 Å². The van der Waals surface area contributed by atoms with Crippen molar-refractivity contribution in [1.29, 1.82) is 0 Å². The molecular weight excluding hydrogens is 206 g/mol. The third-order valence-electron chi connectivity index (χ3n) is 2.17. The zero-order chi connectivity index (χ0) is 10.5. The van der Waals surface area contributed by atoms with E-state index in [4.69, 9.17) is 0 Å². The van der Waals surface area contributed by atoms with Crippen LogP contribution in [0.4, 0.5) is 5.82 Å². The minimum absolute atomic E-state index is 0.877. The van der Waals surface area contributed by atoms with Gasteiger partial charge in [0.25, 0.3) is 0 Å². The minimum Gasteiger partial charge on any atom is -0.369 e. The van der Waals surface area contributed by atoms with Gasteiger partial charge in [0.1, 0.15) is 5.82 Å². The molecule has 0 bridgehead atoms. The predicted octanol–water partition coefficient (Wildman–Crippen LogP) is 2.50. The van der Waals surface area contributed by atoms with E-state index in [2.05, 4.69) is 33.7 Å². The van der Waals surface area contributed by atoms with Crippen LogP contribution in [0, 0.1) is 6.92 Å². The van der Waals surface area contributed by atoms with E-state index in [1.54, 1.807) is 17.5 Å². The maximum atomic E-state index is 4.27. The number of pyridine rings is 1. The standard InChI is InChI=1S/C11H13N3S/c1-9-3-2-5-12-11(9)13-6-4-10-7-15-8-14-10/h2-3,5,7-8H,4,6H2,1H3,(H,12,13). The number of nitrogens with zero attached hydrogens (tertiary/aromatic N) is 2. The van der Waals surface area contributed by atoms with Crippen molar-refractivity contribution in [3.05, 3.63) is 40.5 Å². The summed E-state index contributed by atoms with van der Waals surface area (Å²) in [7, 11) is 0. The maximum Gasteiger partial charge on any atom is 0.128 e. The Labute approximate surface area is 93.2 Å². The molecule has 2 aromatic heterocycles. The smallest absolute Gasteiger partial charge is 0.128 e. The van der Waals surface area contributed by atoms with Crippen molar-refractivity contribution in [2.24, 2.45) is 0 Å². The van der Waals surface area contributed by atoms with Crippen LogP contribution in [0.15, 0.2) is 29.2 Å². The molecule has 0 radical (unpaired) electrons. The summed E-state index contributed by atoms with van der Waals surface area (Å²) in [5, 5.41) is 5.38. The van der Waals surface area contributed by atoms with Gasteiger partial charge in [-0.15, -0.1) is 11.3 Å². The second-order valence-electron chi connectivity index (χ2n) is 3.33. The number of hydrogen-bond donors (Lipinski definition) is 1.